The summed E-state index contributed by atoms with van der Waals surface area (Å²) in [6.07, 6.45) is 0. The maximum Gasteiger partial charge on any atom is 0.372 e. The highest BCUT2D eigenvalue weighted by Gasteiger charge is 2.41. The average Bonchev–Trinajstić information content (AvgIpc) is 2.71. The zero-order valence-electron chi connectivity index (χ0n) is 14.8. The topological polar surface area (TPSA) is 18.5 Å². The van der Waals surface area contributed by atoms with Gasteiger partial charge in [-0.1, -0.05) is 91.0 Å². The SMILES string of the molecule is CO[Si](CC(c1ccccc1)c1ccccc1)(OC)c1ccccc1. The molecule has 3 aromatic carbocycles. The van der Waals surface area contributed by atoms with E-state index in [0.29, 0.717) is 0 Å². The highest BCUT2D eigenvalue weighted by atomic mass is 28.4. The minimum absolute atomic E-state index is 0.231. The van der Waals surface area contributed by atoms with Crippen molar-refractivity contribution in [2.24, 2.45) is 0 Å². The zero-order chi connectivity index (χ0) is 17.5. The molecule has 3 rings (SSSR count). The monoisotopic (exact) mass is 348 g/mol. The molecule has 0 aliphatic heterocycles. The maximum absolute atomic E-state index is 6.06. The lowest BCUT2D eigenvalue weighted by Gasteiger charge is -2.32. The van der Waals surface area contributed by atoms with Crippen molar-refractivity contribution >= 4 is 13.7 Å². The second kappa shape index (κ2) is 8.25. The normalized spacial score (nSPS) is 11.6. The molecule has 128 valence electrons. The van der Waals surface area contributed by atoms with Gasteiger partial charge < -0.3 is 8.85 Å². The fourth-order valence-corrected chi connectivity index (χ4v) is 6.28. The summed E-state index contributed by atoms with van der Waals surface area (Å²) in [7, 11) is 0.999. The third-order valence-corrected chi connectivity index (χ3v) is 8.23. The molecule has 0 amide bonds. The van der Waals surface area contributed by atoms with Crippen LogP contribution in [-0.4, -0.2) is 22.8 Å². The highest BCUT2D eigenvalue weighted by Crippen LogP contribution is 2.33. The Labute approximate surface area is 151 Å². The van der Waals surface area contributed by atoms with Crippen LogP contribution in [0.25, 0.3) is 0 Å². The van der Waals surface area contributed by atoms with Gasteiger partial charge in [0.1, 0.15) is 0 Å². The molecule has 0 N–H and O–H groups in total. The molecule has 0 atom stereocenters. The molecule has 0 radical (unpaired) electrons. The Morgan fingerprint density at radius 1 is 0.640 bits per heavy atom. The van der Waals surface area contributed by atoms with Crippen molar-refractivity contribution in [1.29, 1.82) is 0 Å². The van der Waals surface area contributed by atoms with E-state index in [0.717, 1.165) is 11.2 Å². The lowest BCUT2D eigenvalue weighted by molar-refractivity contribution is 0.255. The van der Waals surface area contributed by atoms with E-state index in [2.05, 4.69) is 84.9 Å². The van der Waals surface area contributed by atoms with Gasteiger partial charge in [0.25, 0.3) is 0 Å². The molecule has 0 saturated carbocycles. The van der Waals surface area contributed by atoms with Crippen molar-refractivity contribution in [3.63, 3.8) is 0 Å². The van der Waals surface area contributed by atoms with Gasteiger partial charge in [-0.2, -0.15) is 0 Å². The summed E-state index contributed by atoms with van der Waals surface area (Å²) < 4.78 is 12.1. The molecule has 0 aromatic heterocycles. The number of hydrogen-bond donors (Lipinski definition) is 0. The second-order valence-electron chi connectivity index (χ2n) is 6.11. The minimum atomic E-state index is -2.55. The van der Waals surface area contributed by atoms with Gasteiger partial charge in [0.15, 0.2) is 0 Å². The predicted octanol–water partition coefficient (Wildman–Crippen LogP) is 4.46. The third kappa shape index (κ3) is 3.90. The first-order chi connectivity index (χ1) is 12.3. The fourth-order valence-electron chi connectivity index (χ4n) is 3.36. The molecule has 0 spiro atoms. The van der Waals surface area contributed by atoms with Crippen LogP contribution in [0.15, 0.2) is 91.0 Å². The van der Waals surface area contributed by atoms with Gasteiger partial charge in [-0.15, -0.1) is 0 Å². The first kappa shape index (κ1) is 17.6. The van der Waals surface area contributed by atoms with E-state index >= 15 is 0 Å². The van der Waals surface area contributed by atoms with Crippen molar-refractivity contribution in [3.05, 3.63) is 102 Å². The first-order valence-corrected chi connectivity index (χ1v) is 10.6. The molecule has 0 heterocycles. The van der Waals surface area contributed by atoms with Crippen LogP contribution in [0.5, 0.6) is 0 Å². The summed E-state index contributed by atoms with van der Waals surface area (Å²) in [6.45, 7) is 0. The van der Waals surface area contributed by atoms with Gasteiger partial charge >= 0.3 is 8.56 Å². The Kier molecular flexibility index (Phi) is 5.82. The summed E-state index contributed by atoms with van der Waals surface area (Å²) in [5.74, 6) is 0.231. The lowest BCUT2D eigenvalue weighted by atomic mass is 9.93. The number of hydrogen-bond acceptors (Lipinski definition) is 2. The number of rotatable bonds is 7. The Bertz CT molecular complexity index is 716. The Balaban J connectivity index is 2.04. The molecular formula is C22H24O2Si. The van der Waals surface area contributed by atoms with Crippen LogP contribution in [0.2, 0.25) is 6.04 Å². The van der Waals surface area contributed by atoms with Gasteiger partial charge in [0.05, 0.1) is 0 Å². The van der Waals surface area contributed by atoms with E-state index in [1.165, 1.54) is 11.1 Å². The summed E-state index contributed by atoms with van der Waals surface area (Å²) in [5, 5.41) is 1.16. The molecule has 0 aliphatic carbocycles. The predicted molar refractivity (Wildman–Crippen MR) is 105 cm³/mol. The van der Waals surface area contributed by atoms with Crippen LogP contribution in [-0.2, 0) is 8.85 Å². The van der Waals surface area contributed by atoms with Crippen LogP contribution in [0.3, 0.4) is 0 Å². The van der Waals surface area contributed by atoms with Crippen LogP contribution >= 0.6 is 0 Å². The molecule has 3 aromatic rings. The second-order valence-corrected chi connectivity index (χ2v) is 9.41. The van der Waals surface area contributed by atoms with E-state index in [1.807, 2.05) is 6.07 Å². The summed E-state index contributed by atoms with van der Waals surface area (Å²) in [4.78, 5) is 0. The maximum atomic E-state index is 6.06. The molecule has 0 aliphatic rings. The smallest absolute Gasteiger partial charge is 0.372 e. The Hall–Kier alpha value is -2.20. The van der Waals surface area contributed by atoms with E-state index in [-0.39, 0.29) is 5.92 Å². The minimum Gasteiger partial charge on any atom is -0.394 e. The quantitative estimate of drug-likeness (QED) is 0.587. The van der Waals surface area contributed by atoms with E-state index in [9.17, 15) is 0 Å². The molecule has 0 fully saturated rings. The van der Waals surface area contributed by atoms with Crippen LogP contribution in [0.1, 0.15) is 17.0 Å². The summed E-state index contributed by atoms with van der Waals surface area (Å²) >= 11 is 0. The molecule has 2 nitrogen and oxygen atoms in total. The average molecular weight is 349 g/mol. The van der Waals surface area contributed by atoms with E-state index < -0.39 is 8.56 Å². The van der Waals surface area contributed by atoms with Gasteiger partial charge in [0.2, 0.25) is 0 Å². The van der Waals surface area contributed by atoms with Crippen molar-refractivity contribution in [2.75, 3.05) is 14.2 Å². The third-order valence-electron chi connectivity index (χ3n) is 4.75. The number of benzene rings is 3. The van der Waals surface area contributed by atoms with Gasteiger partial charge in [-0.05, 0) is 16.3 Å². The fraction of sp³-hybridized carbons (Fsp3) is 0.182. The molecule has 0 saturated heterocycles. The zero-order valence-corrected chi connectivity index (χ0v) is 15.8. The molecule has 0 unspecified atom stereocenters. The molecule has 3 heteroatoms. The highest BCUT2D eigenvalue weighted by molar-refractivity contribution is 6.81. The van der Waals surface area contributed by atoms with Crippen LogP contribution < -0.4 is 5.19 Å². The lowest BCUT2D eigenvalue weighted by Crippen LogP contribution is -2.53. The molecule has 25 heavy (non-hydrogen) atoms. The van der Waals surface area contributed by atoms with E-state index in [4.69, 9.17) is 8.85 Å². The van der Waals surface area contributed by atoms with Crippen molar-refractivity contribution in [2.45, 2.75) is 12.0 Å². The summed E-state index contributed by atoms with van der Waals surface area (Å²) in [6, 6.07) is 32.4. The largest absolute Gasteiger partial charge is 0.394 e. The van der Waals surface area contributed by atoms with Gasteiger partial charge in [-0.25, -0.2) is 0 Å². The van der Waals surface area contributed by atoms with Crippen LogP contribution in [0.4, 0.5) is 0 Å². The van der Waals surface area contributed by atoms with Crippen molar-refractivity contribution in [3.8, 4) is 0 Å². The van der Waals surface area contributed by atoms with E-state index in [1.54, 1.807) is 14.2 Å². The first-order valence-electron chi connectivity index (χ1n) is 8.55. The van der Waals surface area contributed by atoms with Crippen molar-refractivity contribution in [1.82, 2.24) is 0 Å². The van der Waals surface area contributed by atoms with Crippen LogP contribution in [0, 0.1) is 0 Å². The van der Waals surface area contributed by atoms with Crippen molar-refractivity contribution < 1.29 is 8.85 Å². The Morgan fingerprint density at radius 3 is 1.44 bits per heavy atom. The summed E-state index contributed by atoms with van der Waals surface area (Å²) in [5.41, 5.74) is 2.58. The molecule has 0 bridgehead atoms. The van der Waals surface area contributed by atoms with Gasteiger partial charge in [-0.3, -0.25) is 0 Å². The standard InChI is InChI=1S/C22H24O2Si/c1-23-25(24-2,21-16-10-5-11-17-21)18-22(19-12-6-3-7-13-19)20-14-8-4-9-15-20/h3-17,22H,18H2,1-2H3. The molecular weight excluding hydrogens is 324 g/mol. The Morgan fingerprint density at radius 2 is 1.04 bits per heavy atom. The van der Waals surface area contributed by atoms with Gasteiger partial charge in [0, 0.05) is 26.2 Å².